The number of Topliss-reactive ketones (excluding diaryl/α,β-unsaturated/α-hetero) is 1. The number of hydrogen-bond donors (Lipinski definition) is 1. The summed E-state index contributed by atoms with van der Waals surface area (Å²) in [6.07, 6.45) is 2.53. The summed E-state index contributed by atoms with van der Waals surface area (Å²) in [6, 6.07) is 15.3. The molecular weight excluding hydrogens is 308 g/mol. The lowest BCUT2D eigenvalue weighted by Gasteiger charge is -2.25. The van der Waals surface area contributed by atoms with Crippen molar-refractivity contribution in [1.82, 2.24) is 10.2 Å². The van der Waals surface area contributed by atoms with Crippen LogP contribution in [-0.2, 0) is 6.54 Å². The van der Waals surface area contributed by atoms with Crippen LogP contribution >= 0.6 is 0 Å². The van der Waals surface area contributed by atoms with Crippen molar-refractivity contribution in [3.05, 3.63) is 59.2 Å². The highest BCUT2D eigenvalue weighted by Gasteiger charge is 2.24. The summed E-state index contributed by atoms with van der Waals surface area (Å²) >= 11 is 0. The van der Waals surface area contributed by atoms with Crippen molar-refractivity contribution >= 4 is 5.78 Å². The fourth-order valence-electron chi connectivity index (χ4n) is 3.90. The molecule has 0 bridgehead atoms. The van der Waals surface area contributed by atoms with Gasteiger partial charge in [-0.3, -0.25) is 9.69 Å². The van der Waals surface area contributed by atoms with Crippen molar-refractivity contribution in [2.45, 2.75) is 39.3 Å². The van der Waals surface area contributed by atoms with Gasteiger partial charge in [-0.2, -0.15) is 0 Å². The number of likely N-dealkylation sites (N-methyl/N-ethyl adjacent to an activating group) is 1. The molecule has 132 valence electrons. The van der Waals surface area contributed by atoms with E-state index in [2.05, 4.69) is 41.4 Å². The number of benzene rings is 2. The Balaban J connectivity index is 1.93. The first-order valence-corrected chi connectivity index (χ1v) is 9.18. The van der Waals surface area contributed by atoms with Crippen LogP contribution < -0.4 is 5.32 Å². The molecular formula is C22H28N2O. The molecule has 1 fully saturated rings. The number of nitrogens with zero attached hydrogens (tertiary/aromatic N) is 1. The maximum atomic E-state index is 12.1. The smallest absolute Gasteiger partial charge is 0.160 e. The van der Waals surface area contributed by atoms with E-state index < -0.39 is 0 Å². The van der Waals surface area contributed by atoms with E-state index >= 15 is 0 Å². The van der Waals surface area contributed by atoms with Crippen LogP contribution in [0.1, 0.15) is 41.3 Å². The number of nitrogens with one attached hydrogen (secondary N) is 1. The van der Waals surface area contributed by atoms with E-state index in [9.17, 15) is 4.79 Å². The molecule has 2 aromatic carbocycles. The van der Waals surface area contributed by atoms with Gasteiger partial charge in [-0.05, 0) is 68.6 Å². The third-order valence-corrected chi connectivity index (χ3v) is 5.22. The highest BCUT2D eigenvalue weighted by molar-refractivity contribution is 6.01. The molecule has 3 nitrogen and oxygen atoms in total. The van der Waals surface area contributed by atoms with Gasteiger partial charge in [0.15, 0.2) is 5.78 Å². The van der Waals surface area contributed by atoms with E-state index in [1.54, 1.807) is 6.92 Å². The third-order valence-electron chi connectivity index (χ3n) is 5.22. The van der Waals surface area contributed by atoms with Crippen LogP contribution in [0.5, 0.6) is 0 Å². The van der Waals surface area contributed by atoms with Crippen molar-refractivity contribution in [3.63, 3.8) is 0 Å². The van der Waals surface area contributed by atoms with Gasteiger partial charge in [0.25, 0.3) is 0 Å². The average molecular weight is 336 g/mol. The summed E-state index contributed by atoms with van der Waals surface area (Å²) in [5.41, 5.74) is 5.52. The minimum atomic E-state index is 0.124. The zero-order valence-corrected chi connectivity index (χ0v) is 15.5. The minimum Gasteiger partial charge on any atom is -0.318 e. The van der Waals surface area contributed by atoms with Gasteiger partial charge in [-0.15, -0.1) is 0 Å². The topological polar surface area (TPSA) is 32.3 Å². The summed E-state index contributed by atoms with van der Waals surface area (Å²) in [7, 11) is 2.02. The number of ketones is 1. The molecule has 1 heterocycles. The molecule has 1 unspecified atom stereocenters. The Kier molecular flexibility index (Phi) is 5.67. The van der Waals surface area contributed by atoms with Crippen LogP contribution in [0.2, 0.25) is 0 Å². The number of aryl methyl sites for hydroxylation is 1. The molecule has 0 saturated carbocycles. The summed E-state index contributed by atoms with van der Waals surface area (Å²) < 4.78 is 0. The molecule has 0 spiro atoms. The monoisotopic (exact) mass is 336 g/mol. The molecule has 2 aromatic rings. The lowest BCUT2D eigenvalue weighted by molar-refractivity contribution is 0.101. The SMILES string of the molecule is CNCC1CCCN1Cc1ccc(C(C)=O)c(-c2ccccc2C)c1. The highest BCUT2D eigenvalue weighted by Crippen LogP contribution is 2.29. The molecule has 3 rings (SSSR count). The van der Waals surface area contributed by atoms with Crippen molar-refractivity contribution in [2.75, 3.05) is 20.1 Å². The van der Waals surface area contributed by atoms with Gasteiger partial charge >= 0.3 is 0 Å². The first kappa shape index (κ1) is 17.8. The lowest BCUT2D eigenvalue weighted by Crippen LogP contribution is -2.36. The molecule has 1 saturated heterocycles. The van der Waals surface area contributed by atoms with Crippen LogP contribution in [0, 0.1) is 6.92 Å². The Morgan fingerprint density at radius 3 is 2.72 bits per heavy atom. The van der Waals surface area contributed by atoms with Crippen molar-refractivity contribution in [3.8, 4) is 11.1 Å². The number of carbonyl (C=O) groups is 1. The predicted molar refractivity (Wildman–Crippen MR) is 104 cm³/mol. The Hall–Kier alpha value is -1.97. The molecule has 0 aliphatic carbocycles. The zero-order valence-electron chi connectivity index (χ0n) is 15.5. The second-order valence-corrected chi connectivity index (χ2v) is 7.08. The highest BCUT2D eigenvalue weighted by atomic mass is 16.1. The normalized spacial score (nSPS) is 17.8. The zero-order chi connectivity index (χ0) is 17.8. The Labute approximate surface area is 151 Å². The van der Waals surface area contributed by atoms with Crippen LogP contribution in [0.25, 0.3) is 11.1 Å². The van der Waals surface area contributed by atoms with Gasteiger partial charge in [0.05, 0.1) is 0 Å². The van der Waals surface area contributed by atoms with E-state index in [1.165, 1.54) is 24.0 Å². The first-order chi connectivity index (χ1) is 12.1. The minimum absolute atomic E-state index is 0.124. The van der Waals surface area contributed by atoms with Gasteiger partial charge in [0.1, 0.15) is 0 Å². The quantitative estimate of drug-likeness (QED) is 0.808. The van der Waals surface area contributed by atoms with Gasteiger partial charge < -0.3 is 5.32 Å². The summed E-state index contributed by atoms with van der Waals surface area (Å²) in [5, 5.41) is 3.31. The summed E-state index contributed by atoms with van der Waals surface area (Å²) in [4.78, 5) is 14.7. The average Bonchev–Trinajstić information content (AvgIpc) is 3.02. The van der Waals surface area contributed by atoms with Crippen molar-refractivity contribution in [1.29, 1.82) is 0 Å². The molecule has 3 heteroatoms. The molecule has 1 aliphatic heterocycles. The summed E-state index contributed by atoms with van der Waals surface area (Å²) in [5.74, 6) is 0.124. The Morgan fingerprint density at radius 1 is 1.20 bits per heavy atom. The number of hydrogen-bond acceptors (Lipinski definition) is 3. The van der Waals surface area contributed by atoms with Gasteiger partial charge in [0.2, 0.25) is 0 Å². The standard InChI is InChI=1S/C22H28N2O/c1-16-7-4-5-9-20(16)22-13-18(10-11-21(22)17(2)25)15-24-12-6-8-19(24)14-23-3/h4-5,7,9-11,13,19,23H,6,8,12,14-15H2,1-3H3. The van der Waals surface area contributed by atoms with E-state index in [1.807, 2.05) is 25.2 Å². The fourth-order valence-corrected chi connectivity index (χ4v) is 3.90. The maximum Gasteiger partial charge on any atom is 0.160 e. The molecule has 0 aromatic heterocycles. The molecule has 1 N–H and O–H groups in total. The van der Waals surface area contributed by atoms with Crippen molar-refractivity contribution in [2.24, 2.45) is 0 Å². The number of rotatable bonds is 6. The van der Waals surface area contributed by atoms with Crippen LogP contribution in [-0.4, -0.2) is 36.9 Å². The second-order valence-electron chi connectivity index (χ2n) is 7.08. The molecule has 1 aliphatic rings. The number of likely N-dealkylation sites (tertiary alicyclic amines) is 1. The number of carbonyl (C=O) groups excluding carboxylic acids is 1. The van der Waals surface area contributed by atoms with Crippen LogP contribution in [0.15, 0.2) is 42.5 Å². The Bertz CT molecular complexity index is 753. The maximum absolute atomic E-state index is 12.1. The molecule has 0 radical (unpaired) electrons. The van der Waals surface area contributed by atoms with E-state index in [4.69, 9.17) is 0 Å². The van der Waals surface area contributed by atoms with E-state index in [-0.39, 0.29) is 5.78 Å². The lowest BCUT2D eigenvalue weighted by atomic mass is 9.92. The van der Waals surface area contributed by atoms with E-state index in [0.29, 0.717) is 6.04 Å². The van der Waals surface area contributed by atoms with Gasteiger partial charge in [-0.1, -0.05) is 36.4 Å². The Morgan fingerprint density at radius 2 is 2.00 bits per heavy atom. The summed E-state index contributed by atoms with van der Waals surface area (Å²) in [6.45, 7) is 6.90. The van der Waals surface area contributed by atoms with Gasteiger partial charge in [0, 0.05) is 24.7 Å². The largest absolute Gasteiger partial charge is 0.318 e. The molecule has 1 atom stereocenters. The fraction of sp³-hybridized carbons (Fsp3) is 0.409. The molecule has 0 amide bonds. The van der Waals surface area contributed by atoms with Crippen molar-refractivity contribution < 1.29 is 4.79 Å². The van der Waals surface area contributed by atoms with Gasteiger partial charge in [-0.25, -0.2) is 0 Å². The molecule has 25 heavy (non-hydrogen) atoms. The van der Waals surface area contributed by atoms with E-state index in [0.717, 1.165) is 36.3 Å². The predicted octanol–water partition coefficient (Wildman–Crippen LogP) is 4.05. The van der Waals surface area contributed by atoms with Crippen LogP contribution in [0.3, 0.4) is 0 Å². The third kappa shape index (κ3) is 4.00. The first-order valence-electron chi connectivity index (χ1n) is 9.18. The second kappa shape index (κ2) is 7.94. The van der Waals surface area contributed by atoms with Crippen LogP contribution in [0.4, 0.5) is 0 Å².